The van der Waals surface area contributed by atoms with E-state index in [9.17, 15) is 9.90 Å². The molecule has 0 aliphatic carbocycles. The molecule has 1 amide bonds. The number of hydrogen-bond acceptors (Lipinski definition) is 2. The van der Waals surface area contributed by atoms with E-state index < -0.39 is 11.5 Å². The van der Waals surface area contributed by atoms with Gasteiger partial charge in [-0.25, -0.2) is 0 Å². The SMILES string of the molecule is Cn1cc([C@@H](O)CNC(=O)C(C)(C)C)c2ccccc21. The molecule has 4 nitrogen and oxygen atoms in total. The van der Waals surface area contributed by atoms with E-state index in [1.165, 1.54) is 0 Å². The van der Waals surface area contributed by atoms with Gasteiger partial charge in [0.2, 0.25) is 5.91 Å². The highest BCUT2D eigenvalue weighted by atomic mass is 16.3. The zero-order chi connectivity index (χ0) is 14.9. The third-order valence-corrected chi connectivity index (χ3v) is 3.42. The minimum Gasteiger partial charge on any atom is -0.386 e. The molecule has 1 aromatic heterocycles. The molecule has 4 heteroatoms. The van der Waals surface area contributed by atoms with Crippen LogP contribution in [0.5, 0.6) is 0 Å². The Morgan fingerprint density at radius 2 is 2.00 bits per heavy atom. The van der Waals surface area contributed by atoms with Gasteiger partial charge in [0, 0.05) is 41.7 Å². The van der Waals surface area contributed by atoms with E-state index >= 15 is 0 Å². The van der Waals surface area contributed by atoms with E-state index in [0.29, 0.717) is 0 Å². The number of amides is 1. The van der Waals surface area contributed by atoms with Gasteiger partial charge in [-0.05, 0) is 6.07 Å². The number of aromatic nitrogens is 1. The third-order valence-electron chi connectivity index (χ3n) is 3.42. The fourth-order valence-corrected chi connectivity index (χ4v) is 2.20. The van der Waals surface area contributed by atoms with Crippen molar-refractivity contribution in [2.45, 2.75) is 26.9 Å². The second-order valence-corrected chi connectivity index (χ2v) is 6.19. The Kier molecular flexibility index (Phi) is 3.86. The maximum absolute atomic E-state index is 11.8. The van der Waals surface area contributed by atoms with Crippen LogP contribution >= 0.6 is 0 Å². The molecule has 0 fully saturated rings. The van der Waals surface area contributed by atoms with Gasteiger partial charge < -0.3 is 15.0 Å². The first kappa shape index (κ1) is 14.6. The lowest BCUT2D eigenvalue weighted by Crippen LogP contribution is -2.37. The van der Waals surface area contributed by atoms with E-state index in [1.807, 2.05) is 62.8 Å². The molecule has 0 bridgehead atoms. The number of hydrogen-bond donors (Lipinski definition) is 2. The molecule has 1 heterocycles. The van der Waals surface area contributed by atoms with Gasteiger partial charge in [-0.3, -0.25) is 4.79 Å². The van der Waals surface area contributed by atoms with Crippen molar-refractivity contribution < 1.29 is 9.90 Å². The molecule has 0 unspecified atom stereocenters. The Morgan fingerprint density at radius 3 is 2.65 bits per heavy atom. The lowest BCUT2D eigenvalue weighted by molar-refractivity contribution is -0.128. The summed E-state index contributed by atoms with van der Waals surface area (Å²) >= 11 is 0. The van der Waals surface area contributed by atoms with E-state index in [4.69, 9.17) is 0 Å². The van der Waals surface area contributed by atoms with Crippen LogP contribution < -0.4 is 5.32 Å². The first-order valence-corrected chi connectivity index (χ1v) is 6.81. The van der Waals surface area contributed by atoms with E-state index in [0.717, 1.165) is 16.5 Å². The normalized spacial score (nSPS) is 13.4. The fraction of sp³-hybridized carbons (Fsp3) is 0.438. The molecule has 0 radical (unpaired) electrons. The summed E-state index contributed by atoms with van der Waals surface area (Å²) in [6.07, 6.45) is 1.21. The maximum atomic E-state index is 11.8. The number of aliphatic hydroxyl groups is 1. The molecule has 1 aromatic carbocycles. The monoisotopic (exact) mass is 274 g/mol. The van der Waals surface area contributed by atoms with Gasteiger partial charge in [0.15, 0.2) is 0 Å². The van der Waals surface area contributed by atoms with Crippen molar-refractivity contribution >= 4 is 16.8 Å². The van der Waals surface area contributed by atoms with Gasteiger partial charge in [-0.15, -0.1) is 0 Å². The zero-order valence-corrected chi connectivity index (χ0v) is 12.5. The summed E-state index contributed by atoms with van der Waals surface area (Å²) in [4.78, 5) is 11.8. The average molecular weight is 274 g/mol. The third kappa shape index (κ3) is 2.85. The van der Waals surface area contributed by atoms with Crippen LogP contribution in [-0.4, -0.2) is 22.1 Å². The smallest absolute Gasteiger partial charge is 0.225 e. The molecule has 108 valence electrons. The van der Waals surface area contributed by atoms with Crippen molar-refractivity contribution in [1.29, 1.82) is 0 Å². The second-order valence-electron chi connectivity index (χ2n) is 6.19. The summed E-state index contributed by atoms with van der Waals surface area (Å²) in [5, 5.41) is 14.1. The number of aryl methyl sites for hydroxylation is 1. The first-order valence-electron chi connectivity index (χ1n) is 6.81. The highest BCUT2D eigenvalue weighted by Crippen LogP contribution is 2.25. The molecule has 2 aromatic rings. The molecular weight excluding hydrogens is 252 g/mol. The van der Waals surface area contributed by atoms with E-state index in [-0.39, 0.29) is 12.5 Å². The molecule has 2 N–H and O–H groups in total. The number of aliphatic hydroxyl groups excluding tert-OH is 1. The minimum absolute atomic E-state index is 0.0585. The summed E-state index contributed by atoms with van der Waals surface area (Å²) in [6.45, 7) is 5.79. The molecular formula is C16H22N2O2. The fourth-order valence-electron chi connectivity index (χ4n) is 2.20. The largest absolute Gasteiger partial charge is 0.386 e. The molecule has 0 saturated heterocycles. The summed E-state index contributed by atoms with van der Waals surface area (Å²) in [5.74, 6) is -0.0585. The maximum Gasteiger partial charge on any atom is 0.225 e. The molecule has 20 heavy (non-hydrogen) atoms. The molecule has 0 aliphatic heterocycles. The Labute approximate surface area is 119 Å². The average Bonchev–Trinajstić information content (AvgIpc) is 2.72. The van der Waals surface area contributed by atoms with Gasteiger partial charge in [-0.1, -0.05) is 39.0 Å². The minimum atomic E-state index is -0.701. The van der Waals surface area contributed by atoms with E-state index in [1.54, 1.807) is 0 Å². The lowest BCUT2D eigenvalue weighted by Gasteiger charge is -2.19. The number of para-hydroxylation sites is 1. The number of nitrogens with one attached hydrogen (secondary N) is 1. The Morgan fingerprint density at radius 1 is 1.35 bits per heavy atom. The number of fused-ring (bicyclic) bond motifs is 1. The highest BCUT2D eigenvalue weighted by molar-refractivity contribution is 5.84. The Bertz CT molecular complexity index is 623. The topological polar surface area (TPSA) is 54.3 Å². The molecule has 0 saturated carbocycles. The second kappa shape index (κ2) is 5.29. The van der Waals surface area contributed by atoms with Gasteiger partial charge in [-0.2, -0.15) is 0 Å². The Hall–Kier alpha value is -1.81. The summed E-state index contributed by atoms with van der Waals surface area (Å²) in [7, 11) is 1.95. The molecule has 1 atom stereocenters. The number of nitrogens with zero attached hydrogens (tertiary/aromatic N) is 1. The van der Waals surface area contributed by atoms with Crippen molar-refractivity contribution in [3.8, 4) is 0 Å². The van der Waals surface area contributed by atoms with Crippen LogP contribution in [0.1, 0.15) is 32.4 Å². The van der Waals surface area contributed by atoms with Crippen LogP contribution in [0.15, 0.2) is 30.5 Å². The number of benzene rings is 1. The molecule has 2 rings (SSSR count). The van der Waals surface area contributed by atoms with Crippen molar-refractivity contribution in [3.63, 3.8) is 0 Å². The zero-order valence-electron chi connectivity index (χ0n) is 12.5. The van der Waals surface area contributed by atoms with Gasteiger partial charge in [0.1, 0.15) is 0 Å². The number of carbonyl (C=O) groups is 1. The highest BCUT2D eigenvalue weighted by Gasteiger charge is 2.22. The van der Waals surface area contributed by atoms with Gasteiger partial charge in [0.25, 0.3) is 0 Å². The van der Waals surface area contributed by atoms with Crippen LogP contribution in [0, 0.1) is 5.41 Å². The first-order chi connectivity index (χ1) is 9.30. The lowest BCUT2D eigenvalue weighted by atomic mass is 9.95. The standard InChI is InChI=1S/C16H22N2O2/c1-16(2,3)15(20)17-9-14(19)12-10-18(4)13-8-6-5-7-11(12)13/h5-8,10,14,19H,9H2,1-4H3,(H,17,20)/t14-/m0/s1. The van der Waals surface area contributed by atoms with Gasteiger partial charge in [0.05, 0.1) is 6.10 Å². The van der Waals surface area contributed by atoms with Crippen LogP contribution in [-0.2, 0) is 11.8 Å². The van der Waals surface area contributed by atoms with Crippen LogP contribution in [0.4, 0.5) is 0 Å². The number of rotatable bonds is 3. The molecule has 0 aliphatic rings. The van der Waals surface area contributed by atoms with Crippen molar-refractivity contribution in [2.24, 2.45) is 12.5 Å². The Balaban J connectivity index is 2.16. The molecule has 0 spiro atoms. The summed E-state index contributed by atoms with van der Waals surface area (Å²) in [5.41, 5.74) is 1.47. The summed E-state index contributed by atoms with van der Waals surface area (Å²) in [6, 6.07) is 7.92. The van der Waals surface area contributed by atoms with Crippen molar-refractivity contribution in [3.05, 3.63) is 36.0 Å². The van der Waals surface area contributed by atoms with Crippen molar-refractivity contribution in [2.75, 3.05) is 6.54 Å². The predicted molar refractivity (Wildman–Crippen MR) is 80.3 cm³/mol. The van der Waals surface area contributed by atoms with Crippen LogP contribution in [0.2, 0.25) is 0 Å². The quantitative estimate of drug-likeness (QED) is 0.903. The van der Waals surface area contributed by atoms with E-state index in [2.05, 4.69) is 5.32 Å². The van der Waals surface area contributed by atoms with Crippen LogP contribution in [0.25, 0.3) is 10.9 Å². The predicted octanol–water partition coefficient (Wildman–Crippen LogP) is 2.37. The summed E-state index contributed by atoms with van der Waals surface area (Å²) < 4.78 is 1.99. The van der Waals surface area contributed by atoms with Crippen molar-refractivity contribution in [1.82, 2.24) is 9.88 Å². The van der Waals surface area contributed by atoms with Crippen LogP contribution in [0.3, 0.4) is 0 Å². The van der Waals surface area contributed by atoms with Gasteiger partial charge >= 0.3 is 0 Å². The number of carbonyl (C=O) groups excluding carboxylic acids is 1.